The van der Waals surface area contributed by atoms with Gasteiger partial charge in [-0.2, -0.15) is 5.26 Å². The van der Waals surface area contributed by atoms with E-state index in [1.165, 1.54) is 6.20 Å². The van der Waals surface area contributed by atoms with Gasteiger partial charge in [0.1, 0.15) is 23.2 Å². The zero-order chi connectivity index (χ0) is 12.3. The highest BCUT2D eigenvalue weighted by Crippen LogP contribution is 2.22. The Morgan fingerprint density at radius 3 is 3.06 bits per heavy atom. The third-order valence-electron chi connectivity index (χ3n) is 2.23. The Labute approximate surface area is 103 Å². The first kappa shape index (κ1) is 11.4. The summed E-state index contributed by atoms with van der Waals surface area (Å²) in [4.78, 5) is 4.06. The summed E-state index contributed by atoms with van der Waals surface area (Å²) in [6.45, 7) is 0.443. The van der Waals surface area contributed by atoms with Crippen LogP contribution in [0.5, 0.6) is 0 Å². The molecule has 0 aliphatic heterocycles. The van der Waals surface area contributed by atoms with E-state index >= 15 is 0 Å². The van der Waals surface area contributed by atoms with Gasteiger partial charge in [-0.1, -0.05) is 11.6 Å². The Hall–Kier alpha value is -2.13. The summed E-state index contributed by atoms with van der Waals surface area (Å²) in [7, 11) is 1.84. The molecule has 0 fully saturated rings. The van der Waals surface area contributed by atoms with Crippen LogP contribution in [0.25, 0.3) is 0 Å². The van der Waals surface area contributed by atoms with Gasteiger partial charge in [-0.15, -0.1) is 10.2 Å². The van der Waals surface area contributed by atoms with Gasteiger partial charge in [-0.05, 0) is 6.07 Å². The first-order chi connectivity index (χ1) is 8.22. The second-order valence-corrected chi connectivity index (χ2v) is 3.72. The predicted molar refractivity (Wildman–Crippen MR) is 62.3 cm³/mol. The highest BCUT2D eigenvalue weighted by molar-refractivity contribution is 6.34. The number of nitriles is 1. The van der Waals surface area contributed by atoms with E-state index in [1.807, 2.05) is 13.1 Å². The van der Waals surface area contributed by atoms with E-state index in [0.29, 0.717) is 22.9 Å². The van der Waals surface area contributed by atoms with Crippen molar-refractivity contribution in [1.29, 1.82) is 5.26 Å². The molecule has 17 heavy (non-hydrogen) atoms. The number of aryl methyl sites for hydroxylation is 1. The lowest BCUT2D eigenvalue weighted by Crippen LogP contribution is -2.07. The van der Waals surface area contributed by atoms with Gasteiger partial charge in [0.05, 0.1) is 12.1 Å². The number of hydrogen-bond acceptors (Lipinski definition) is 5. The van der Waals surface area contributed by atoms with Crippen LogP contribution < -0.4 is 5.32 Å². The molecule has 0 atom stereocenters. The molecule has 0 unspecified atom stereocenters. The van der Waals surface area contributed by atoms with Gasteiger partial charge in [0, 0.05) is 13.2 Å². The molecule has 0 aliphatic carbocycles. The Bertz CT molecular complexity index is 570. The fourth-order valence-electron chi connectivity index (χ4n) is 1.28. The molecule has 2 aromatic rings. The molecule has 0 saturated carbocycles. The monoisotopic (exact) mass is 248 g/mol. The van der Waals surface area contributed by atoms with Gasteiger partial charge in [-0.3, -0.25) is 0 Å². The number of halogens is 1. The topological polar surface area (TPSA) is 79.4 Å². The predicted octanol–water partition coefficient (Wildman–Crippen LogP) is 1.35. The van der Waals surface area contributed by atoms with Crippen molar-refractivity contribution in [2.24, 2.45) is 7.05 Å². The Balaban J connectivity index is 2.15. The van der Waals surface area contributed by atoms with Crippen molar-refractivity contribution in [3.8, 4) is 6.07 Å². The van der Waals surface area contributed by atoms with Crippen molar-refractivity contribution in [3.63, 3.8) is 0 Å². The van der Waals surface area contributed by atoms with E-state index in [1.54, 1.807) is 17.0 Å². The molecule has 2 heterocycles. The molecule has 6 nitrogen and oxygen atoms in total. The van der Waals surface area contributed by atoms with Crippen molar-refractivity contribution in [3.05, 3.63) is 35.0 Å². The van der Waals surface area contributed by atoms with Crippen LogP contribution in [-0.4, -0.2) is 19.7 Å². The molecule has 7 heteroatoms. The fourth-order valence-corrected chi connectivity index (χ4v) is 1.50. The third kappa shape index (κ3) is 2.34. The molecule has 0 aliphatic rings. The summed E-state index contributed by atoms with van der Waals surface area (Å²) in [5, 5.41) is 19.8. The van der Waals surface area contributed by atoms with Gasteiger partial charge < -0.3 is 9.88 Å². The quantitative estimate of drug-likeness (QED) is 0.887. The minimum absolute atomic E-state index is 0.317. The van der Waals surface area contributed by atoms with Crippen molar-refractivity contribution >= 4 is 17.4 Å². The Morgan fingerprint density at radius 1 is 1.59 bits per heavy atom. The van der Waals surface area contributed by atoms with Crippen LogP contribution in [0.2, 0.25) is 5.02 Å². The molecular weight excluding hydrogens is 240 g/mol. The molecular formula is C10H9ClN6. The highest BCUT2D eigenvalue weighted by Gasteiger charge is 2.08. The standard InChI is InChI=1S/C10H9ClN6/c1-17-6-15-16-8(17)5-14-10-9(11)7(4-12)2-3-13-10/h2-3,6H,5H2,1H3,(H,13,14). The summed E-state index contributed by atoms with van der Waals surface area (Å²) in [5.41, 5.74) is 0.391. The maximum absolute atomic E-state index is 8.82. The lowest BCUT2D eigenvalue weighted by molar-refractivity contribution is 0.810. The average molecular weight is 249 g/mol. The summed E-state index contributed by atoms with van der Waals surface area (Å²) < 4.78 is 1.79. The maximum atomic E-state index is 8.82. The Morgan fingerprint density at radius 2 is 2.41 bits per heavy atom. The zero-order valence-corrected chi connectivity index (χ0v) is 9.81. The van der Waals surface area contributed by atoms with Gasteiger partial charge in [0.15, 0.2) is 5.82 Å². The lowest BCUT2D eigenvalue weighted by atomic mass is 10.3. The van der Waals surface area contributed by atoms with E-state index in [9.17, 15) is 0 Å². The smallest absolute Gasteiger partial charge is 0.151 e. The molecule has 86 valence electrons. The normalized spacial score (nSPS) is 9.94. The van der Waals surface area contributed by atoms with E-state index in [4.69, 9.17) is 16.9 Å². The summed E-state index contributed by atoms with van der Waals surface area (Å²) in [6, 6.07) is 3.56. The maximum Gasteiger partial charge on any atom is 0.151 e. The fraction of sp³-hybridized carbons (Fsp3) is 0.200. The first-order valence-corrected chi connectivity index (χ1v) is 5.21. The van der Waals surface area contributed by atoms with Crippen LogP contribution in [0.15, 0.2) is 18.6 Å². The zero-order valence-electron chi connectivity index (χ0n) is 9.05. The van der Waals surface area contributed by atoms with Gasteiger partial charge in [0.25, 0.3) is 0 Å². The molecule has 0 bridgehead atoms. The molecule has 2 rings (SSSR count). The molecule has 0 aromatic carbocycles. The van der Waals surface area contributed by atoms with Crippen molar-refractivity contribution < 1.29 is 0 Å². The van der Waals surface area contributed by atoms with Gasteiger partial charge in [0.2, 0.25) is 0 Å². The van der Waals surface area contributed by atoms with Crippen LogP contribution in [0, 0.1) is 11.3 Å². The van der Waals surface area contributed by atoms with Crippen molar-refractivity contribution in [1.82, 2.24) is 19.7 Å². The molecule has 0 saturated heterocycles. The minimum atomic E-state index is 0.317. The van der Waals surface area contributed by atoms with Crippen LogP contribution in [0.3, 0.4) is 0 Å². The highest BCUT2D eigenvalue weighted by atomic mass is 35.5. The summed E-state index contributed by atoms with van der Waals surface area (Å²) in [6.07, 6.45) is 3.14. The first-order valence-electron chi connectivity index (χ1n) is 4.83. The SMILES string of the molecule is Cn1cnnc1CNc1nccc(C#N)c1Cl. The van der Waals surface area contributed by atoms with Gasteiger partial charge in [-0.25, -0.2) is 4.98 Å². The number of pyridine rings is 1. The number of nitrogens with one attached hydrogen (secondary N) is 1. The number of nitrogens with zero attached hydrogens (tertiary/aromatic N) is 5. The lowest BCUT2D eigenvalue weighted by Gasteiger charge is -2.07. The third-order valence-corrected chi connectivity index (χ3v) is 2.61. The van der Waals surface area contributed by atoms with Crippen LogP contribution in [0.1, 0.15) is 11.4 Å². The molecule has 0 radical (unpaired) electrons. The van der Waals surface area contributed by atoms with Crippen molar-refractivity contribution in [2.75, 3.05) is 5.32 Å². The second kappa shape index (κ2) is 4.80. The number of hydrogen-bond donors (Lipinski definition) is 1. The van der Waals surface area contributed by atoms with Crippen LogP contribution in [0.4, 0.5) is 5.82 Å². The molecule has 2 aromatic heterocycles. The van der Waals surface area contributed by atoms with Crippen molar-refractivity contribution in [2.45, 2.75) is 6.54 Å². The average Bonchev–Trinajstić information content (AvgIpc) is 2.74. The number of anilines is 1. The van der Waals surface area contributed by atoms with Gasteiger partial charge >= 0.3 is 0 Å². The van der Waals surface area contributed by atoms with E-state index in [2.05, 4.69) is 20.5 Å². The molecule has 1 N–H and O–H groups in total. The summed E-state index contributed by atoms with van der Waals surface area (Å²) in [5.74, 6) is 1.22. The minimum Gasteiger partial charge on any atom is -0.361 e. The largest absolute Gasteiger partial charge is 0.361 e. The molecule has 0 spiro atoms. The Kier molecular flexibility index (Phi) is 3.21. The number of rotatable bonds is 3. The van der Waals surface area contributed by atoms with E-state index in [-0.39, 0.29) is 0 Å². The summed E-state index contributed by atoms with van der Waals surface area (Å²) >= 11 is 6.00. The van der Waals surface area contributed by atoms with Crippen LogP contribution in [-0.2, 0) is 13.6 Å². The van der Waals surface area contributed by atoms with Crippen LogP contribution >= 0.6 is 11.6 Å². The second-order valence-electron chi connectivity index (χ2n) is 3.34. The van der Waals surface area contributed by atoms with E-state index in [0.717, 1.165) is 5.82 Å². The van der Waals surface area contributed by atoms with E-state index < -0.39 is 0 Å². The molecule has 0 amide bonds. The number of aromatic nitrogens is 4.